The van der Waals surface area contributed by atoms with Gasteiger partial charge < -0.3 is 0 Å². The van der Waals surface area contributed by atoms with Gasteiger partial charge in [0.2, 0.25) is 5.78 Å². The zero-order valence-electron chi connectivity index (χ0n) is 15.8. The van der Waals surface area contributed by atoms with Crippen LogP contribution in [0.15, 0.2) is 52.7 Å². The van der Waals surface area contributed by atoms with Crippen LogP contribution in [0.25, 0.3) is 22.6 Å². The Morgan fingerprint density at radius 3 is 2.56 bits per heavy atom. The molecule has 0 spiro atoms. The van der Waals surface area contributed by atoms with Gasteiger partial charge in [0, 0.05) is 18.9 Å². The van der Waals surface area contributed by atoms with Gasteiger partial charge >= 0.3 is 5.69 Å². The summed E-state index contributed by atoms with van der Waals surface area (Å²) in [7, 11) is 1.63. The lowest BCUT2D eigenvalue weighted by atomic mass is 10.2. The predicted octanol–water partition coefficient (Wildman–Crippen LogP) is 2.50. The van der Waals surface area contributed by atoms with Crippen molar-refractivity contribution in [1.29, 1.82) is 0 Å². The van der Waals surface area contributed by atoms with Crippen molar-refractivity contribution < 1.29 is 0 Å². The predicted molar refractivity (Wildman–Crippen MR) is 106 cm³/mol. The van der Waals surface area contributed by atoms with Gasteiger partial charge in [0.15, 0.2) is 11.2 Å². The molecule has 0 saturated carbocycles. The Labute approximate surface area is 155 Å². The largest absolute Gasteiger partial charge is 0.333 e. The third-order valence-corrected chi connectivity index (χ3v) is 5.08. The lowest BCUT2D eigenvalue weighted by Gasteiger charge is -2.11. The minimum Gasteiger partial charge on any atom is -0.283 e. The molecule has 0 aliphatic heterocycles. The first-order chi connectivity index (χ1) is 12.9. The molecule has 3 heterocycles. The third kappa shape index (κ3) is 2.24. The van der Waals surface area contributed by atoms with Crippen LogP contribution in [-0.2, 0) is 7.05 Å². The van der Waals surface area contributed by atoms with E-state index in [4.69, 9.17) is 0 Å². The standard InChI is InChI=1S/C20H21N5O2/c1-6-13(3)25-18(26)16-17(22(5)20(25)27)21-19-23(16)11-14(4)24(19)15-10-8-7-9-12(15)2/h6-11,13H,1H2,2-5H3. The average molecular weight is 363 g/mol. The number of aromatic nitrogens is 5. The monoisotopic (exact) mass is 363 g/mol. The summed E-state index contributed by atoms with van der Waals surface area (Å²) < 4.78 is 6.40. The fourth-order valence-electron chi connectivity index (χ4n) is 3.55. The van der Waals surface area contributed by atoms with E-state index in [2.05, 4.69) is 11.6 Å². The number of para-hydroxylation sites is 1. The van der Waals surface area contributed by atoms with Crippen LogP contribution in [0.2, 0.25) is 0 Å². The maximum atomic E-state index is 13.1. The summed E-state index contributed by atoms with van der Waals surface area (Å²) in [5.74, 6) is 0.605. The highest BCUT2D eigenvalue weighted by atomic mass is 16.2. The number of hydrogen-bond donors (Lipinski definition) is 0. The number of allylic oxidation sites excluding steroid dienone is 1. The number of benzene rings is 1. The van der Waals surface area contributed by atoms with E-state index < -0.39 is 11.7 Å². The second kappa shape index (κ2) is 5.84. The van der Waals surface area contributed by atoms with Crippen LogP contribution >= 0.6 is 0 Å². The van der Waals surface area contributed by atoms with Crippen molar-refractivity contribution >= 4 is 16.9 Å². The summed E-state index contributed by atoms with van der Waals surface area (Å²) in [6.07, 6.45) is 3.46. The molecule has 3 aromatic heterocycles. The molecule has 0 saturated heterocycles. The van der Waals surface area contributed by atoms with Gasteiger partial charge in [0.05, 0.1) is 11.7 Å². The van der Waals surface area contributed by atoms with Crippen LogP contribution in [0.4, 0.5) is 0 Å². The molecule has 0 aliphatic rings. The van der Waals surface area contributed by atoms with Crippen molar-refractivity contribution in [1.82, 2.24) is 23.1 Å². The average Bonchev–Trinajstić information content (AvgIpc) is 3.15. The lowest BCUT2D eigenvalue weighted by Crippen LogP contribution is -2.40. The van der Waals surface area contributed by atoms with E-state index in [1.165, 1.54) is 9.13 Å². The number of nitrogens with zero attached hydrogens (tertiary/aromatic N) is 5. The zero-order valence-corrected chi connectivity index (χ0v) is 15.8. The summed E-state index contributed by atoms with van der Waals surface area (Å²) in [6, 6.07) is 7.58. The molecule has 138 valence electrons. The van der Waals surface area contributed by atoms with Gasteiger partial charge in [-0.25, -0.2) is 4.79 Å². The van der Waals surface area contributed by atoms with Crippen molar-refractivity contribution in [2.24, 2.45) is 7.05 Å². The Balaban J connectivity index is 2.20. The maximum absolute atomic E-state index is 13.1. The summed E-state index contributed by atoms with van der Waals surface area (Å²) in [6.45, 7) is 9.48. The Morgan fingerprint density at radius 1 is 1.19 bits per heavy atom. The summed E-state index contributed by atoms with van der Waals surface area (Å²) in [4.78, 5) is 30.5. The normalized spacial score (nSPS) is 12.7. The Kier molecular flexibility index (Phi) is 3.69. The van der Waals surface area contributed by atoms with Crippen LogP contribution in [-0.4, -0.2) is 23.1 Å². The van der Waals surface area contributed by atoms with Crippen molar-refractivity contribution in [2.75, 3.05) is 0 Å². The molecule has 0 fully saturated rings. The topological polar surface area (TPSA) is 66.2 Å². The number of rotatable bonds is 3. The molecule has 0 amide bonds. The minimum absolute atomic E-state index is 0.366. The third-order valence-electron chi connectivity index (χ3n) is 5.08. The molecule has 1 aromatic carbocycles. The van der Waals surface area contributed by atoms with E-state index in [9.17, 15) is 9.59 Å². The molecular weight excluding hydrogens is 342 g/mol. The number of fused-ring (bicyclic) bond motifs is 3. The summed E-state index contributed by atoms with van der Waals surface area (Å²) in [5, 5.41) is 0. The highest BCUT2D eigenvalue weighted by Crippen LogP contribution is 2.23. The van der Waals surface area contributed by atoms with Gasteiger partial charge in [-0.3, -0.25) is 22.9 Å². The zero-order chi connectivity index (χ0) is 19.5. The molecule has 7 heteroatoms. The number of imidazole rings is 2. The van der Waals surface area contributed by atoms with Crippen molar-refractivity contribution in [3.05, 3.63) is 75.2 Å². The number of hydrogen-bond acceptors (Lipinski definition) is 3. The SMILES string of the molecule is C=CC(C)n1c(=O)c2c(nc3n(-c4ccccc4C)c(C)cn23)n(C)c1=O. The van der Waals surface area contributed by atoms with E-state index in [1.807, 2.05) is 48.9 Å². The Hall–Kier alpha value is -3.35. The molecule has 7 nitrogen and oxygen atoms in total. The molecular formula is C20H21N5O2. The van der Waals surface area contributed by atoms with Gasteiger partial charge in [-0.1, -0.05) is 24.3 Å². The molecule has 1 unspecified atom stereocenters. The van der Waals surface area contributed by atoms with Gasteiger partial charge in [-0.05, 0) is 32.4 Å². The van der Waals surface area contributed by atoms with E-state index >= 15 is 0 Å². The first-order valence-electron chi connectivity index (χ1n) is 8.77. The van der Waals surface area contributed by atoms with Gasteiger partial charge in [-0.15, -0.1) is 6.58 Å². The Bertz CT molecular complexity index is 1330. The fraction of sp³-hybridized carbons (Fsp3) is 0.250. The second-order valence-electron chi connectivity index (χ2n) is 6.84. The highest BCUT2D eigenvalue weighted by molar-refractivity contribution is 5.76. The molecule has 0 aliphatic carbocycles. The first-order valence-corrected chi connectivity index (χ1v) is 8.77. The molecule has 1 atom stereocenters. The Morgan fingerprint density at radius 2 is 1.89 bits per heavy atom. The summed E-state index contributed by atoms with van der Waals surface area (Å²) >= 11 is 0. The molecule has 4 aromatic rings. The number of aryl methyl sites for hydroxylation is 3. The van der Waals surface area contributed by atoms with Crippen LogP contribution < -0.4 is 11.2 Å². The van der Waals surface area contributed by atoms with E-state index in [0.29, 0.717) is 16.9 Å². The summed E-state index contributed by atoms with van der Waals surface area (Å²) in [5.41, 5.74) is 3.02. The molecule has 4 rings (SSSR count). The van der Waals surface area contributed by atoms with Gasteiger partial charge in [-0.2, -0.15) is 4.98 Å². The van der Waals surface area contributed by atoms with E-state index in [-0.39, 0.29) is 5.56 Å². The minimum atomic E-state index is -0.411. The van der Waals surface area contributed by atoms with Crippen molar-refractivity contribution in [2.45, 2.75) is 26.8 Å². The quantitative estimate of drug-likeness (QED) is 0.525. The maximum Gasteiger partial charge on any atom is 0.333 e. The van der Waals surface area contributed by atoms with Crippen molar-refractivity contribution in [3.8, 4) is 5.69 Å². The lowest BCUT2D eigenvalue weighted by molar-refractivity contribution is 0.574. The second-order valence-corrected chi connectivity index (χ2v) is 6.84. The fourth-order valence-corrected chi connectivity index (χ4v) is 3.55. The molecule has 0 bridgehead atoms. The smallest absolute Gasteiger partial charge is 0.283 e. The highest BCUT2D eigenvalue weighted by Gasteiger charge is 2.22. The van der Waals surface area contributed by atoms with Crippen molar-refractivity contribution in [3.63, 3.8) is 0 Å². The molecule has 0 radical (unpaired) electrons. The van der Waals surface area contributed by atoms with Crippen LogP contribution in [0.5, 0.6) is 0 Å². The van der Waals surface area contributed by atoms with E-state index in [0.717, 1.165) is 16.9 Å². The van der Waals surface area contributed by atoms with Crippen LogP contribution in [0.3, 0.4) is 0 Å². The van der Waals surface area contributed by atoms with Gasteiger partial charge in [0.1, 0.15) is 0 Å². The van der Waals surface area contributed by atoms with Crippen LogP contribution in [0.1, 0.15) is 24.2 Å². The first kappa shape index (κ1) is 17.1. The molecule has 0 N–H and O–H groups in total. The molecule has 27 heavy (non-hydrogen) atoms. The van der Waals surface area contributed by atoms with Crippen LogP contribution in [0, 0.1) is 13.8 Å². The van der Waals surface area contributed by atoms with Gasteiger partial charge in [0.25, 0.3) is 5.56 Å². The van der Waals surface area contributed by atoms with E-state index in [1.54, 1.807) is 24.4 Å².